The van der Waals surface area contributed by atoms with E-state index >= 15 is 0 Å². The second-order valence-corrected chi connectivity index (χ2v) is 15.4. The molecule has 0 bridgehead atoms. The third-order valence-electron chi connectivity index (χ3n) is 7.69. The molecule has 2 heteroatoms. The summed E-state index contributed by atoms with van der Waals surface area (Å²) < 4.78 is 0. The van der Waals surface area contributed by atoms with E-state index in [0.29, 0.717) is 0 Å². The monoisotopic (exact) mass is 596 g/mol. The number of hydrogen-bond donors (Lipinski definition) is 0. The van der Waals surface area contributed by atoms with Gasteiger partial charge in [0.1, 0.15) is 0 Å². The molecule has 0 aliphatic rings. The molecule has 0 atom stereocenters. The molecule has 0 aromatic carbocycles. The van der Waals surface area contributed by atoms with Gasteiger partial charge >= 0.3 is 0 Å². The summed E-state index contributed by atoms with van der Waals surface area (Å²) in [6.45, 7) is 9.39. The van der Waals surface area contributed by atoms with E-state index in [9.17, 15) is 0 Å². The predicted octanol–water partition coefficient (Wildman–Crippen LogP) is 9.06. The van der Waals surface area contributed by atoms with Crippen molar-refractivity contribution >= 4 is 7.26 Å². The molecule has 0 spiro atoms. The molecule has 0 fully saturated rings. The quantitative estimate of drug-likeness (QED) is 0.0504. The Labute approximate surface area is 230 Å². The van der Waals surface area contributed by atoms with Crippen molar-refractivity contribution in [2.75, 3.05) is 24.6 Å². The molecule has 0 rings (SSSR count). The molecule has 0 nitrogen and oxygen atoms in total. The fraction of sp³-hybridized carbons (Fsp3) is 1.00. The van der Waals surface area contributed by atoms with E-state index in [0.717, 1.165) is 0 Å². The van der Waals surface area contributed by atoms with Crippen LogP contribution in [0.2, 0.25) is 0 Å². The van der Waals surface area contributed by atoms with Gasteiger partial charge in [-0.1, -0.05) is 124 Å². The molecular formula is C31H66IP. The lowest BCUT2D eigenvalue weighted by molar-refractivity contribution is -0.00000734. The first-order valence-corrected chi connectivity index (χ1v) is 18.1. The first-order valence-electron chi connectivity index (χ1n) is 15.6. The van der Waals surface area contributed by atoms with Crippen molar-refractivity contribution in [1.82, 2.24) is 0 Å². The van der Waals surface area contributed by atoms with Crippen molar-refractivity contribution in [3.63, 3.8) is 0 Å². The highest BCUT2D eigenvalue weighted by Crippen LogP contribution is 2.61. The van der Waals surface area contributed by atoms with Crippen LogP contribution in [-0.4, -0.2) is 24.6 Å². The molecular weight excluding hydrogens is 530 g/mol. The van der Waals surface area contributed by atoms with Gasteiger partial charge in [-0.2, -0.15) is 0 Å². The third kappa shape index (κ3) is 24.6. The molecule has 0 radical (unpaired) electrons. The van der Waals surface area contributed by atoms with Crippen molar-refractivity contribution in [3.05, 3.63) is 0 Å². The van der Waals surface area contributed by atoms with Crippen LogP contribution in [0.4, 0.5) is 0 Å². The highest BCUT2D eigenvalue weighted by molar-refractivity contribution is 7.75. The van der Waals surface area contributed by atoms with E-state index < -0.39 is 7.26 Å². The van der Waals surface area contributed by atoms with Gasteiger partial charge in [-0.05, 0) is 51.4 Å². The molecule has 0 aromatic heterocycles. The van der Waals surface area contributed by atoms with Crippen LogP contribution in [0.5, 0.6) is 0 Å². The lowest BCUT2D eigenvalue weighted by Crippen LogP contribution is -3.00. The summed E-state index contributed by atoms with van der Waals surface area (Å²) in [5.74, 6) is 0. The second-order valence-electron chi connectivity index (χ2n) is 11.0. The van der Waals surface area contributed by atoms with Crippen LogP contribution in [0.25, 0.3) is 0 Å². The van der Waals surface area contributed by atoms with Gasteiger partial charge in [0.05, 0.1) is 24.6 Å². The fourth-order valence-corrected chi connectivity index (χ4v) is 10.3. The smallest absolute Gasteiger partial charge is 0.0594 e. The Morgan fingerprint density at radius 3 is 0.667 bits per heavy atom. The minimum atomic E-state index is -0.708. The van der Waals surface area contributed by atoms with Crippen LogP contribution in [0.15, 0.2) is 0 Å². The maximum absolute atomic E-state index is 2.35. The van der Waals surface area contributed by atoms with Crippen LogP contribution in [0.1, 0.15) is 175 Å². The molecule has 0 aromatic rings. The molecule has 33 heavy (non-hydrogen) atoms. The van der Waals surface area contributed by atoms with Gasteiger partial charge in [-0.15, -0.1) is 0 Å². The molecule has 0 N–H and O–H groups in total. The largest absolute Gasteiger partial charge is 1.00 e. The summed E-state index contributed by atoms with van der Waals surface area (Å²) in [7, 11) is -0.708. The summed E-state index contributed by atoms with van der Waals surface area (Å²) in [6.07, 6.45) is 40.6. The van der Waals surface area contributed by atoms with Gasteiger partial charge < -0.3 is 24.0 Å². The Morgan fingerprint density at radius 2 is 0.455 bits per heavy atom. The number of rotatable bonds is 27. The third-order valence-corrected chi connectivity index (χ3v) is 12.8. The normalized spacial score (nSPS) is 11.6. The average Bonchev–Trinajstić information content (AvgIpc) is 2.80. The van der Waals surface area contributed by atoms with Crippen LogP contribution in [0, 0.1) is 0 Å². The van der Waals surface area contributed by atoms with Gasteiger partial charge in [0.25, 0.3) is 0 Å². The minimum Gasteiger partial charge on any atom is -1.00 e. The molecule has 0 aliphatic heterocycles. The van der Waals surface area contributed by atoms with E-state index in [4.69, 9.17) is 0 Å². The molecule has 0 saturated heterocycles. The van der Waals surface area contributed by atoms with E-state index in [2.05, 4.69) is 27.7 Å². The molecule has 0 heterocycles. The first-order chi connectivity index (χ1) is 15.7. The topological polar surface area (TPSA) is 0 Å². The van der Waals surface area contributed by atoms with Crippen molar-refractivity contribution in [1.29, 1.82) is 0 Å². The van der Waals surface area contributed by atoms with Crippen molar-refractivity contribution in [3.8, 4) is 0 Å². The molecule has 0 amide bonds. The van der Waals surface area contributed by atoms with E-state index in [1.165, 1.54) is 122 Å². The van der Waals surface area contributed by atoms with Crippen molar-refractivity contribution in [2.45, 2.75) is 175 Å². The zero-order chi connectivity index (χ0) is 23.6. The number of halogens is 1. The first kappa shape index (κ1) is 36.3. The zero-order valence-corrected chi connectivity index (χ0v) is 27.0. The highest BCUT2D eigenvalue weighted by Gasteiger charge is 2.34. The lowest BCUT2D eigenvalue weighted by atomic mass is 10.1. The Balaban J connectivity index is 0. The molecule has 202 valence electrons. The summed E-state index contributed by atoms with van der Waals surface area (Å²) in [4.78, 5) is 0. The summed E-state index contributed by atoms with van der Waals surface area (Å²) in [5, 5.41) is 0. The van der Waals surface area contributed by atoms with E-state index in [-0.39, 0.29) is 24.0 Å². The zero-order valence-electron chi connectivity index (χ0n) is 23.9. The predicted molar refractivity (Wildman–Crippen MR) is 155 cm³/mol. The van der Waals surface area contributed by atoms with Crippen molar-refractivity contribution in [2.24, 2.45) is 0 Å². The second kappa shape index (κ2) is 29.4. The molecule has 0 aliphatic carbocycles. The Morgan fingerprint density at radius 1 is 0.273 bits per heavy atom. The molecule has 0 saturated carbocycles. The standard InChI is InChI=1S/C31H66P.HI/c1-5-9-13-17-18-19-23-27-31-32(28-24-20-14-10-6-2,29-25-21-15-11-7-3)30-26-22-16-12-8-4;/h5-31H2,1-4H3;1H/q+1;/p-1. The number of hydrogen-bond acceptors (Lipinski definition) is 0. The lowest BCUT2D eigenvalue weighted by Gasteiger charge is -2.28. The van der Waals surface area contributed by atoms with Gasteiger partial charge in [0, 0.05) is 7.26 Å². The fourth-order valence-electron chi connectivity index (χ4n) is 5.40. The Bertz CT molecular complexity index is 308. The average molecular weight is 597 g/mol. The summed E-state index contributed by atoms with van der Waals surface area (Å²) in [5.41, 5.74) is 0. The summed E-state index contributed by atoms with van der Waals surface area (Å²) in [6, 6.07) is 0. The molecule has 0 unspecified atom stereocenters. The van der Waals surface area contributed by atoms with Gasteiger partial charge in [-0.25, -0.2) is 0 Å². The Hall–Kier alpha value is 1.16. The van der Waals surface area contributed by atoms with Crippen molar-refractivity contribution < 1.29 is 24.0 Å². The summed E-state index contributed by atoms with van der Waals surface area (Å²) >= 11 is 0. The van der Waals surface area contributed by atoms with Crippen LogP contribution in [0.3, 0.4) is 0 Å². The van der Waals surface area contributed by atoms with Crippen LogP contribution >= 0.6 is 7.26 Å². The number of unbranched alkanes of at least 4 members (excludes halogenated alkanes) is 19. The van der Waals surface area contributed by atoms with Gasteiger partial charge in [0.2, 0.25) is 0 Å². The van der Waals surface area contributed by atoms with E-state index in [1.807, 2.05) is 0 Å². The van der Waals surface area contributed by atoms with Gasteiger partial charge in [-0.3, -0.25) is 0 Å². The maximum atomic E-state index is 2.35. The minimum absolute atomic E-state index is 0. The highest BCUT2D eigenvalue weighted by atomic mass is 127. The SMILES string of the molecule is CCCCCCCCCC[P+](CCCCCCC)(CCCCCCC)CCCCCCC.[I-]. The van der Waals surface area contributed by atoms with E-state index in [1.54, 1.807) is 50.3 Å². The Kier molecular flexibility index (Phi) is 32.3. The maximum Gasteiger partial charge on any atom is 0.0594 e. The van der Waals surface area contributed by atoms with Crippen LogP contribution < -0.4 is 24.0 Å². The van der Waals surface area contributed by atoms with Gasteiger partial charge in [0.15, 0.2) is 0 Å². The van der Waals surface area contributed by atoms with Crippen LogP contribution in [-0.2, 0) is 0 Å².